The fraction of sp³-hybridized carbons (Fsp3) is 0.394. The zero-order chi connectivity index (χ0) is 31.9. The summed E-state index contributed by atoms with van der Waals surface area (Å²) in [6.07, 6.45) is 4.96. The van der Waals surface area contributed by atoms with Crippen molar-refractivity contribution in [3.63, 3.8) is 0 Å². The summed E-state index contributed by atoms with van der Waals surface area (Å²) in [5.41, 5.74) is 1.71. The number of carbonyl (C=O) groups is 2. The molecule has 1 saturated carbocycles. The summed E-state index contributed by atoms with van der Waals surface area (Å²) in [7, 11) is -4.21. The largest absolute Gasteiger partial charge is 0.494 e. The first-order chi connectivity index (χ1) is 21.0. The Kier molecular flexibility index (Phi) is 11.6. The summed E-state index contributed by atoms with van der Waals surface area (Å²) in [6.45, 7) is 5.17. The van der Waals surface area contributed by atoms with E-state index >= 15 is 0 Å². The minimum atomic E-state index is -4.21. The summed E-state index contributed by atoms with van der Waals surface area (Å²) < 4.78 is 34.7. The molecule has 8 nitrogen and oxygen atoms in total. The predicted molar refractivity (Wildman–Crippen MR) is 175 cm³/mol. The van der Waals surface area contributed by atoms with Crippen LogP contribution in [0.4, 0.5) is 5.69 Å². The molecule has 4 rings (SSSR count). The Morgan fingerprint density at radius 1 is 0.955 bits per heavy atom. The van der Waals surface area contributed by atoms with Gasteiger partial charge in [-0.1, -0.05) is 66.2 Å². The van der Waals surface area contributed by atoms with Crippen molar-refractivity contribution in [3.8, 4) is 5.75 Å². The van der Waals surface area contributed by atoms with E-state index in [2.05, 4.69) is 5.32 Å². The molecule has 0 bridgehead atoms. The number of carbonyl (C=O) groups excluding carboxylic acids is 2. The fourth-order valence-electron chi connectivity index (χ4n) is 5.25. The molecule has 0 saturated heterocycles. The summed E-state index contributed by atoms with van der Waals surface area (Å²) in [5, 5.41) is 3.77. The molecule has 0 unspecified atom stereocenters. The molecule has 0 aromatic heterocycles. The number of amides is 2. The van der Waals surface area contributed by atoms with Crippen LogP contribution in [0.2, 0.25) is 10.0 Å². The summed E-state index contributed by atoms with van der Waals surface area (Å²) in [5.74, 6) is -0.364. The molecule has 0 radical (unpaired) electrons. The molecule has 236 valence electrons. The van der Waals surface area contributed by atoms with E-state index in [9.17, 15) is 18.0 Å². The highest BCUT2D eigenvalue weighted by molar-refractivity contribution is 7.92. The highest BCUT2D eigenvalue weighted by atomic mass is 35.5. The van der Waals surface area contributed by atoms with Gasteiger partial charge in [0.1, 0.15) is 18.3 Å². The number of sulfonamides is 1. The number of ether oxygens (including phenoxy) is 1. The van der Waals surface area contributed by atoms with Crippen molar-refractivity contribution < 1.29 is 22.7 Å². The first-order valence-corrected chi connectivity index (χ1v) is 17.1. The lowest BCUT2D eigenvalue weighted by atomic mass is 9.95. The van der Waals surface area contributed by atoms with E-state index < -0.39 is 28.5 Å². The summed E-state index contributed by atoms with van der Waals surface area (Å²) in [4.78, 5) is 29.1. The number of halogens is 2. The van der Waals surface area contributed by atoms with E-state index in [1.165, 1.54) is 17.0 Å². The molecular formula is C33H39Cl2N3O5S. The minimum absolute atomic E-state index is 0.00174. The number of benzene rings is 3. The molecule has 3 aromatic rings. The molecule has 11 heteroatoms. The van der Waals surface area contributed by atoms with Crippen molar-refractivity contribution in [2.75, 3.05) is 17.5 Å². The van der Waals surface area contributed by atoms with Crippen molar-refractivity contribution in [2.24, 2.45) is 0 Å². The van der Waals surface area contributed by atoms with Crippen molar-refractivity contribution in [3.05, 3.63) is 87.9 Å². The maximum Gasteiger partial charge on any atom is 0.264 e. The van der Waals surface area contributed by atoms with E-state index in [1.807, 2.05) is 13.8 Å². The second-order valence-corrected chi connectivity index (χ2v) is 13.7. The number of aryl methyl sites for hydroxylation is 1. The van der Waals surface area contributed by atoms with Crippen LogP contribution in [0, 0.1) is 6.92 Å². The first kappa shape index (κ1) is 33.6. The summed E-state index contributed by atoms with van der Waals surface area (Å²) >= 11 is 13.0. The molecule has 0 spiro atoms. The maximum atomic E-state index is 14.2. The van der Waals surface area contributed by atoms with Gasteiger partial charge in [0.25, 0.3) is 10.0 Å². The Bertz CT molecular complexity index is 1520. The van der Waals surface area contributed by atoms with Crippen LogP contribution < -0.4 is 14.4 Å². The van der Waals surface area contributed by atoms with Crippen LogP contribution >= 0.6 is 23.2 Å². The number of hydrogen-bond donors (Lipinski definition) is 1. The van der Waals surface area contributed by atoms with Gasteiger partial charge in [0.2, 0.25) is 11.8 Å². The van der Waals surface area contributed by atoms with Crippen molar-refractivity contribution in [1.29, 1.82) is 0 Å². The average Bonchev–Trinajstić information content (AvgIpc) is 3.01. The molecule has 3 aromatic carbocycles. The van der Waals surface area contributed by atoms with Crippen LogP contribution in [0.1, 0.15) is 57.1 Å². The van der Waals surface area contributed by atoms with Crippen LogP contribution in [0.3, 0.4) is 0 Å². The lowest BCUT2D eigenvalue weighted by molar-refractivity contribution is -0.139. The van der Waals surface area contributed by atoms with Gasteiger partial charge < -0.3 is 15.0 Å². The lowest BCUT2D eigenvalue weighted by Crippen LogP contribution is -2.53. The third-order valence-corrected chi connectivity index (χ3v) is 10.3. The molecule has 1 N–H and O–H groups in total. The van der Waals surface area contributed by atoms with Gasteiger partial charge in [0.15, 0.2) is 0 Å². The Morgan fingerprint density at radius 3 is 2.16 bits per heavy atom. The molecule has 1 fully saturated rings. The number of hydrogen-bond acceptors (Lipinski definition) is 5. The van der Waals surface area contributed by atoms with E-state index in [-0.39, 0.29) is 23.4 Å². The van der Waals surface area contributed by atoms with Gasteiger partial charge in [0.05, 0.1) is 17.2 Å². The van der Waals surface area contributed by atoms with Gasteiger partial charge in [-0.25, -0.2) is 8.42 Å². The molecule has 0 heterocycles. The monoisotopic (exact) mass is 659 g/mol. The summed E-state index contributed by atoms with van der Waals surface area (Å²) in [6, 6.07) is 17.1. The highest BCUT2D eigenvalue weighted by Crippen LogP contribution is 2.29. The van der Waals surface area contributed by atoms with Gasteiger partial charge in [0, 0.05) is 28.2 Å². The van der Waals surface area contributed by atoms with Crippen molar-refractivity contribution >= 4 is 50.7 Å². The molecule has 1 atom stereocenters. The van der Waals surface area contributed by atoms with Crippen LogP contribution in [0.5, 0.6) is 5.75 Å². The molecule has 44 heavy (non-hydrogen) atoms. The second-order valence-electron chi connectivity index (χ2n) is 11.0. The minimum Gasteiger partial charge on any atom is -0.494 e. The second kappa shape index (κ2) is 15.1. The van der Waals surface area contributed by atoms with Crippen molar-refractivity contribution in [2.45, 2.75) is 76.4 Å². The number of nitrogens with zero attached hydrogens (tertiary/aromatic N) is 2. The predicted octanol–water partition coefficient (Wildman–Crippen LogP) is 6.76. The van der Waals surface area contributed by atoms with Gasteiger partial charge in [-0.2, -0.15) is 0 Å². The zero-order valence-electron chi connectivity index (χ0n) is 25.3. The van der Waals surface area contributed by atoms with Gasteiger partial charge in [-0.05, 0) is 82.1 Å². The van der Waals surface area contributed by atoms with Crippen LogP contribution in [-0.2, 0) is 26.2 Å². The van der Waals surface area contributed by atoms with Gasteiger partial charge in [-0.15, -0.1) is 0 Å². The first-order valence-electron chi connectivity index (χ1n) is 14.9. The fourth-order valence-corrected chi connectivity index (χ4v) is 7.18. The smallest absolute Gasteiger partial charge is 0.264 e. The van der Waals surface area contributed by atoms with Gasteiger partial charge in [-0.3, -0.25) is 13.9 Å². The normalized spacial score (nSPS) is 14.5. The Morgan fingerprint density at radius 2 is 1.57 bits per heavy atom. The van der Waals surface area contributed by atoms with E-state index in [4.69, 9.17) is 27.9 Å². The van der Waals surface area contributed by atoms with Crippen LogP contribution in [0.25, 0.3) is 0 Å². The molecule has 2 amide bonds. The quantitative estimate of drug-likeness (QED) is 0.232. The molecular weight excluding hydrogens is 621 g/mol. The molecule has 1 aliphatic carbocycles. The molecule has 1 aliphatic rings. The zero-order valence-corrected chi connectivity index (χ0v) is 27.6. The SMILES string of the molecule is CCOc1ccc(S(=O)(=O)N(CC(=O)N(Cc2c(Cl)cccc2Cl)[C@H](C)C(=O)NC2CCCCC2)c2ccc(C)cc2)cc1. The van der Waals surface area contributed by atoms with E-state index in [1.54, 1.807) is 61.5 Å². The Balaban J connectivity index is 1.70. The number of anilines is 1. The molecule has 0 aliphatic heterocycles. The maximum absolute atomic E-state index is 14.2. The Labute approximate surface area is 270 Å². The highest BCUT2D eigenvalue weighted by Gasteiger charge is 2.34. The average molecular weight is 661 g/mol. The third kappa shape index (κ3) is 8.25. The number of nitrogens with one attached hydrogen (secondary N) is 1. The van der Waals surface area contributed by atoms with Gasteiger partial charge >= 0.3 is 0 Å². The standard InChI is InChI=1S/C33H39Cl2N3O5S/c1-4-43-27-17-19-28(20-18-27)44(41,42)38(26-15-13-23(2)14-16-26)22-32(39)37(21-29-30(34)11-8-12-31(29)35)24(3)33(40)36-25-9-6-5-7-10-25/h8,11-20,24-25H,4-7,9-10,21-22H2,1-3H3,(H,36,40)/t24-/m1/s1. The number of rotatable bonds is 12. The third-order valence-electron chi connectivity index (χ3n) is 7.83. The lowest BCUT2D eigenvalue weighted by Gasteiger charge is -2.33. The topological polar surface area (TPSA) is 96.0 Å². The van der Waals surface area contributed by atoms with E-state index in [0.717, 1.165) is 42.0 Å². The van der Waals surface area contributed by atoms with Crippen LogP contribution in [0.15, 0.2) is 71.6 Å². The van der Waals surface area contributed by atoms with Crippen molar-refractivity contribution in [1.82, 2.24) is 10.2 Å². The van der Waals surface area contributed by atoms with E-state index in [0.29, 0.717) is 33.7 Å². The Hall–Kier alpha value is -3.27. The van der Waals surface area contributed by atoms with Crippen LogP contribution in [-0.4, -0.2) is 50.4 Å².